The van der Waals surface area contributed by atoms with Crippen LogP contribution in [0.3, 0.4) is 0 Å². The van der Waals surface area contributed by atoms with E-state index in [9.17, 15) is 9.59 Å². The molecule has 3 aromatic rings. The molecule has 10 nitrogen and oxygen atoms in total. The highest BCUT2D eigenvalue weighted by Crippen LogP contribution is 2.38. The molecule has 0 unspecified atom stereocenters. The molecule has 2 aliphatic carbocycles. The molecule has 3 N–H and O–H groups in total. The average Bonchev–Trinajstić information content (AvgIpc) is 3.25. The molecule has 11 heteroatoms. The van der Waals surface area contributed by atoms with E-state index >= 15 is 0 Å². The predicted molar refractivity (Wildman–Crippen MR) is 229 cm³/mol. The monoisotopic (exact) mass is 801 g/mol. The maximum atomic E-state index is 11.9. The SMILES string of the molecule is C=CC(=O)OCCN(CSc1ccccc1N)Nc1cc(OCC2CCC(C=O)CC2)ccc1OCC1CCC(c2ccc(OCCCCCCOC)cc2)CC1. The van der Waals surface area contributed by atoms with Crippen molar-refractivity contribution < 1.29 is 33.3 Å². The summed E-state index contributed by atoms with van der Waals surface area (Å²) in [5.41, 5.74) is 12.7. The number of carbonyl (C=O) groups is 2. The van der Waals surface area contributed by atoms with Crippen molar-refractivity contribution in [2.45, 2.75) is 87.9 Å². The summed E-state index contributed by atoms with van der Waals surface area (Å²) in [6, 6.07) is 22.4. The largest absolute Gasteiger partial charge is 0.494 e. The highest BCUT2D eigenvalue weighted by atomic mass is 32.2. The molecule has 0 atom stereocenters. The van der Waals surface area contributed by atoms with E-state index in [1.165, 1.54) is 18.1 Å². The third-order valence-electron chi connectivity index (χ3n) is 11.1. The maximum Gasteiger partial charge on any atom is 0.330 e. The van der Waals surface area contributed by atoms with Gasteiger partial charge < -0.3 is 39.6 Å². The van der Waals surface area contributed by atoms with Gasteiger partial charge in [0.25, 0.3) is 0 Å². The number of hydrogen-bond acceptors (Lipinski definition) is 11. The van der Waals surface area contributed by atoms with Crippen LogP contribution in [0.5, 0.6) is 17.2 Å². The Balaban J connectivity index is 1.18. The normalized spacial score (nSPS) is 19.4. The van der Waals surface area contributed by atoms with Crippen LogP contribution in [-0.2, 0) is 19.1 Å². The van der Waals surface area contributed by atoms with Gasteiger partial charge in [-0.25, -0.2) is 9.80 Å². The lowest BCUT2D eigenvalue weighted by atomic mass is 9.79. The topological polar surface area (TPSA) is 122 Å². The van der Waals surface area contributed by atoms with Crippen LogP contribution < -0.4 is 25.4 Å². The van der Waals surface area contributed by atoms with E-state index in [0.29, 0.717) is 49.1 Å². The number of nitrogens with zero attached hydrogens (tertiary/aromatic N) is 1. The average molecular weight is 802 g/mol. The second-order valence-corrected chi connectivity index (χ2v) is 16.3. The second kappa shape index (κ2) is 24.6. The van der Waals surface area contributed by atoms with Gasteiger partial charge in [-0.05, 0) is 130 Å². The molecule has 2 saturated carbocycles. The molecule has 3 aromatic carbocycles. The van der Waals surface area contributed by atoms with Crippen LogP contribution >= 0.6 is 11.8 Å². The molecule has 0 aromatic heterocycles. The van der Waals surface area contributed by atoms with Gasteiger partial charge in [0.05, 0.1) is 37.9 Å². The molecule has 0 radical (unpaired) electrons. The van der Waals surface area contributed by atoms with E-state index in [1.807, 2.05) is 47.5 Å². The van der Waals surface area contributed by atoms with E-state index in [4.69, 9.17) is 29.4 Å². The standard InChI is InChI=1S/C46H63N3O7S/c1-3-46(51)54-29-26-49(34-57-45-11-7-6-10-42(45)47)48-43-30-41(55-32-36-14-12-35(31-50)13-15-36)24-25-44(43)56-33-37-16-18-38(19-17-37)39-20-22-40(23-21-39)53-28-9-5-4-8-27-52-2/h3,6-7,10-11,20-25,30-31,35-38,48H,1,4-5,8-9,12-19,26-29,32-34,47H2,2H3. The fourth-order valence-electron chi connectivity index (χ4n) is 7.51. The summed E-state index contributed by atoms with van der Waals surface area (Å²) in [4.78, 5) is 24.1. The Bertz CT molecular complexity index is 1640. The molecule has 5 rings (SSSR count). The van der Waals surface area contributed by atoms with Gasteiger partial charge in [0, 0.05) is 42.4 Å². The quantitative estimate of drug-likeness (QED) is 0.0125. The summed E-state index contributed by atoms with van der Waals surface area (Å²) < 4.78 is 29.4. The predicted octanol–water partition coefficient (Wildman–Crippen LogP) is 9.70. The first-order chi connectivity index (χ1) is 27.9. The number of para-hydroxylation sites is 1. The third-order valence-corrected chi connectivity index (χ3v) is 12.2. The number of hydrazine groups is 1. The first-order valence-corrected chi connectivity index (χ1v) is 21.8. The van der Waals surface area contributed by atoms with Crippen molar-refractivity contribution in [1.29, 1.82) is 0 Å². The molecule has 310 valence electrons. The summed E-state index contributed by atoms with van der Waals surface area (Å²) in [6.07, 6.45) is 15.0. The highest BCUT2D eigenvalue weighted by molar-refractivity contribution is 7.99. The van der Waals surface area contributed by atoms with Gasteiger partial charge in [-0.2, -0.15) is 0 Å². The summed E-state index contributed by atoms with van der Waals surface area (Å²) in [5.74, 6) is 4.07. The van der Waals surface area contributed by atoms with Crippen LogP contribution in [0.25, 0.3) is 0 Å². The van der Waals surface area contributed by atoms with Crippen molar-refractivity contribution in [2.75, 3.05) is 63.7 Å². The van der Waals surface area contributed by atoms with Crippen LogP contribution in [0.1, 0.15) is 88.5 Å². The fourth-order valence-corrected chi connectivity index (χ4v) is 8.41. The molecule has 0 saturated heterocycles. The van der Waals surface area contributed by atoms with Gasteiger partial charge in [0.15, 0.2) is 0 Å². The van der Waals surface area contributed by atoms with Crippen molar-refractivity contribution in [3.63, 3.8) is 0 Å². The van der Waals surface area contributed by atoms with Gasteiger partial charge in [-0.1, -0.05) is 37.3 Å². The van der Waals surface area contributed by atoms with Gasteiger partial charge in [0.1, 0.15) is 30.1 Å². The Morgan fingerprint density at radius 2 is 1.51 bits per heavy atom. The first kappa shape index (κ1) is 43.9. The molecule has 2 aliphatic rings. The second-order valence-electron chi connectivity index (χ2n) is 15.3. The van der Waals surface area contributed by atoms with E-state index in [-0.39, 0.29) is 12.5 Å². The molecular formula is C46H63N3O7S. The molecule has 0 heterocycles. The number of hydrogen-bond donors (Lipinski definition) is 2. The number of anilines is 2. The maximum absolute atomic E-state index is 11.9. The number of thioether (sulfide) groups is 1. The summed E-state index contributed by atoms with van der Waals surface area (Å²) in [6.45, 7) is 6.90. The van der Waals surface area contributed by atoms with Crippen molar-refractivity contribution in [3.8, 4) is 17.2 Å². The highest BCUT2D eigenvalue weighted by Gasteiger charge is 2.24. The number of rotatable bonds is 25. The van der Waals surface area contributed by atoms with Crippen LogP contribution in [0.15, 0.2) is 84.3 Å². The van der Waals surface area contributed by atoms with E-state index < -0.39 is 5.97 Å². The number of aldehydes is 1. The summed E-state index contributed by atoms with van der Waals surface area (Å²) >= 11 is 1.59. The zero-order chi connectivity index (χ0) is 40.1. The minimum Gasteiger partial charge on any atom is -0.494 e. The molecule has 2 fully saturated rings. The van der Waals surface area contributed by atoms with Crippen molar-refractivity contribution in [3.05, 3.63) is 84.9 Å². The number of nitrogens with two attached hydrogens (primary N) is 1. The molecule has 0 amide bonds. The van der Waals surface area contributed by atoms with E-state index in [2.05, 4.69) is 36.3 Å². The number of esters is 1. The summed E-state index contributed by atoms with van der Waals surface area (Å²) in [5, 5.41) is 1.99. The number of methoxy groups -OCH3 is 1. The van der Waals surface area contributed by atoms with Gasteiger partial charge in [0.2, 0.25) is 0 Å². The lowest BCUT2D eigenvalue weighted by Gasteiger charge is -2.30. The number of unbranched alkanes of at least 4 members (excludes halogenated alkanes) is 3. The van der Waals surface area contributed by atoms with Crippen LogP contribution in [0.4, 0.5) is 11.4 Å². The minimum atomic E-state index is -0.465. The van der Waals surface area contributed by atoms with Crippen molar-refractivity contribution in [2.24, 2.45) is 17.8 Å². The Labute approximate surface area is 344 Å². The number of carbonyl (C=O) groups excluding carboxylic acids is 2. The van der Waals surface area contributed by atoms with Gasteiger partial charge in [-0.15, -0.1) is 11.8 Å². The number of nitrogens with one attached hydrogen (secondary N) is 1. The van der Waals surface area contributed by atoms with Crippen LogP contribution in [0, 0.1) is 17.8 Å². The lowest BCUT2D eigenvalue weighted by molar-refractivity contribution is -0.138. The smallest absolute Gasteiger partial charge is 0.330 e. The summed E-state index contributed by atoms with van der Waals surface area (Å²) in [7, 11) is 1.75. The van der Waals surface area contributed by atoms with Crippen LogP contribution in [0.2, 0.25) is 0 Å². The zero-order valence-corrected chi connectivity index (χ0v) is 34.6. The van der Waals surface area contributed by atoms with Crippen molar-refractivity contribution in [1.82, 2.24) is 5.01 Å². The Morgan fingerprint density at radius 3 is 2.21 bits per heavy atom. The zero-order valence-electron chi connectivity index (χ0n) is 33.7. The first-order valence-electron chi connectivity index (χ1n) is 20.8. The van der Waals surface area contributed by atoms with Crippen molar-refractivity contribution >= 4 is 35.4 Å². The van der Waals surface area contributed by atoms with Crippen LogP contribution in [-0.4, -0.2) is 69.8 Å². The minimum absolute atomic E-state index is 0.174. The van der Waals surface area contributed by atoms with Gasteiger partial charge in [-0.3, -0.25) is 0 Å². The lowest BCUT2D eigenvalue weighted by Crippen LogP contribution is -2.33. The fraction of sp³-hybridized carbons (Fsp3) is 0.522. The molecule has 0 spiro atoms. The van der Waals surface area contributed by atoms with E-state index in [0.717, 1.165) is 118 Å². The van der Waals surface area contributed by atoms with E-state index in [1.54, 1.807) is 18.9 Å². The van der Waals surface area contributed by atoms with Gasteiger partial charge >= 0.3 is 5.97 Å². The molecular weight excluding hydrogens is 739 g/mol. The Kier molecular flexibility index (Phi) is 18.9. The molecule has 0 bridgehead atoms. The number of ether oxygens (including phenoxy) is 5. The number of nitrogen functional groups attached to an aromatic ring is 1. The number of benzene rings is 3. The Morgan fingerprint density at radius 1 is 0.825 bits per heavy atom. The molecule has 57 heavy (non-hydrogen) atoms. The molecule has 0 aliphatic heterocycles. The Hall–Kier alpha value is -4.19. The third kappa shape index (κ3) is 15.2.